The van der Waals surface area contributed by atoms with Crippen LogP contribution >= 0.6 is 0 Å². The summed E-state index contributed by atoms with van der Waals surface area (Å²) >= 11 is 0. The molecule has 2 aromatic carbocycles. The number of carbonyl (C=O) groups excluding carboxylic acids is 1. The third kappa shape index (κ3) is 2.86. The molecule has 1 spiro atoms. The van der Waals surface area contributed by atoms with E-state index in [0.717, 1.165) is 12.8 Å². The van der Waals surface area contributed by atoms with Gasteiger partial charge in [-0.3, -0.25) is 4.79 Å². The van der Waals surface area contributed by atoms with Crippen molar-refractivity contribution in [1.82, 2.24) is 4.90 Å². The minimum absolute atomic E-state index is 0.0369. The van der Waals surface area contributed by atoms with E-state index in [1.165, 1.54) is 11.1 Å². The van der Waals surface area contributed by atoms with Crippen molar-refractivity contribution in [2.45, 2.75) is 30.8 Å². The Morgan fingerprint density at radius 3 is 2.56 bits per heavy atom. The maximum atomic E-state index is 13.1. The molecule has 1 amide bonds. The average molecular weight is 367 g/mol. The highest BCUT2D eigenvalue weighted by Gasteiger charge is 2.48. The molecule has 5 heteroatoms. The van der Waals surface area contributed by atoms with E-state index < -0.39 is 0 Å². The van der Waals surface area contributed by atoms with Gasteiger partial charge in [0.1, 0.15) is 11.5 Å². The minimum atomic E-state index is -0.373. The van der Waals surface area contributed by atoms with Crippen LogP contribution in [0.5, 0.6) is 11.5 Å². The molecule has 1 saturated heterocycles. The second-order valence-electron chi connectivity index (χ2n) is 7.39. The molecule has 5 nitrogen and oxygen atoms in total. The molecule has 2 aromatic rings. The molecule has 4 rings (SSSR count). The molecule has 1 atom stereocenters. The third-order valence-electron chi connectivity index (χ3n) is 6.19. The van der Waals surface area contributed by atoms with Gasteiger partial charge in [-0.25, -0.2) is 0 Å². The summed E-state index contributed by atoms with van der Waals surface area (Å²) < 4.78 is 10.6. The van der Waals surface area contributed by atoms with E-state index in [4.69, 9.17) is 9.47 Å². The molecule has 1 fully saturated rings. The van der Waals surface area contributed by atoms with Gasteiger partial charge in [0.2, 0.25) is 0 Å². The van der Waals surface area contributed by atoms with Crippen LogP contribution in [0.4, 0.5) is 0 Å². The summed E-state index contributed by atoms with van der Waals surface area (Å²) in [5, 5.41) is 10.8. The third-order valence-corrected chi connectivity index (χ3v) is 6.19. The molecular weight excluding hydrogens is 342 g/mol. The highest BCUT2D eigenvalue weighted by molar-refractivity contribution is 5.97. The van der Waals surface area contributed by atoms with Crippen molar-refractivity contribution < 1.29 is 19.4 Å². The smallest absolute Gasteiger partial charge is 0.257 e. The first kappa shape index (κ1) is 17.9. The molecule has 0 aromatic heterocycles. The van der Waals surface area contributed by atoms with Gasteiger partial charge in [-0.1, -0.05) is 24.3 Å². The van der Waals surface area contributed by atoms with Gasteiger partial charge in [0.15, 0.2) is 0 Å². The zero-order chi connectivity index (χ0) is 19.0. The maximum absolute atomic E-state index is 13.1. The lowest BCUT2D eigenvalue weighted by molar-refractivity contribution is 0.0364. The van der Waals surface area contributed by atoms with E-state index in [2.05, 4.69) is 12.1 Å². The Bertz CT molecular complexity index is 855. The average Bonchev–Trinajstić information content (AvgIpc) is 2.99. The van der Waals surface area contributed by atoms with Crippen molar-refractivity contribution in [1.29, 1.82) is 0 Å². The molecule has 27 heavy (non-hydrogen) atoms. The molecule has 2 aliphatic rings. The lowest BCUT2D eigenvalue weighted by atomic mass is 9.72. The van der Waals surface area contributed by atoms with Gasteiger partial charge in [0.05, 0.1) is 25.9 Å². The number of fused-ring (bicyclic) bond motifs is 2. The lowest BCUT2D eigenvalue weighted by Crippen LogP contribution is -2.49. The van der Waals surface area contributed by atoms with E-state index in [1.807, 2.05) is 17.0 Å². The van der Waals surface area contributed by atoms with Gasteiger partial charge in [0, 0.05) is 24.6 Å². The van der Waals surface area contributed by atoms with Gasteiger partial charge >= 0.3 is 0 Å². The Hall–Kier alpha value is -2.53. The zero-order valence-corrected chi connectivity index (χ0v) is 15.8. The van der Waals surface area contributed by atoms with Crippen molar-refractivity contribution in [3.05, 3.63) is 59.2 Å². The first-order chi connectivity index (χ1) is 13.1. The SMILES string of the molecule is COc1ccc(C(=O)N2CCC3(CC2)c2ccccc2C[C@@H]3O)c(OC)c1. The highest BCUT2D eigenvalue weighted by atomic mass is 16.5. The fourth-order valence-corrected chi connectivity index (χ4v) is 4.62. The number of hydrogen-bond donors (Lipinski definition) is 1. The predicted molar refractivity (Wildman–Crippen MR) is 103 cm³/mol. The first-order valence-corrected chi connectivity index (χ1v) is 9.37. The summed E-state index contributed by atoms with van der Waals surface area (Å²) in [6.07, 6.45) is 1.88. The van der Waals surface area contributed by atoms with E-state index in [1.54, 1.807) is 32.4 Å². The highest BCUT2D eigenvalue weighted by Crippen LogP contribution is 2.46. The number of carbonyl (C=O) groups is 1. The van der Waals surface area contributed by atoms with Crippen LogP contribution in [0.2, 0.25) is 0 Å². The molecule has 0 radical (unpaired) electrons. The van der Waals surface area contributed by atoms with Crippen molar-refractivity contribution in [2.24, 2.45) is 0 Å². The number of likely N-dealkylation sites (tertiary alicyclic amines) is 1. The van der Waals surface area contributed by atoms with Crippen LogP contribution in [0.25, 0.3) is 0 Å². The number of benzene rings is 2. The summed E-state index contributed by atoms with van der Waals surface area (Å²) in [6, 6.07) is 13.6. The molecule has 0 saturated carbocycles. The molecule has 142 valence electrons. The van der Waals surface area contributed by atoms with E-state index >= 15 is 0 Å². The van der Waals surface area contributed by atoms with Crippen LogP contribution in [0.1, 0.15) is 34.3 Å². The fourth-order valence-electron chi connectivity index (χ4n) is 4.62. The summed E-state index contributed by atoms with van der Waals surface area (Å²) in [6.45, 7) is 1.25. The van der Waals surface area contributed by atoms with Gasteiger partial charge in [-0.2, -0.15) is 0 Å². The molecule has 1 aliphatic heterocycles. The Labute approximate surface area is 159 Å². The van der Waals surface area contributed by atoms with Crippen LogP contribution in [0.3, 0.4) is 0 Å². The number of methoxy groups -OCH3 is 2. The van der Waals surface area contributed by atoms with Gasteiger partial charge in [-0.15, -0.1) is 0 Å². The summed E-state index contributed by atoms with van der Waals surface area (Å²) in [5.41, 5.74) is 2.81. The fraction of sp³-hybridized carbons (Fsp3) is 0.409. The predicted octanol–water partition coefficient (Wildman–Crippen LogP) is 2.79. The molecule has 1 heterocycles. The summed E-state index contributed by atoms with van der Waals surface area (Å²) in [4.78, 5) is 14.9. The van der Waals surface area contributed by atoms with Crippen LogP contribution in [-0.2, 0) is 11.8 Å². The Balaban J connectivity index is 1.54. The first-order valence-electron chi connectivity index (χ1n) is 9.37. The number of aliphatic hydroxyl groups is 1. The molecule has 1 N–H and O–H groups in total. The second kappa shape index (κ2) is 6.89. The quantitative estimate of drug-likeness (QED) is 0.906. The number of ether oxygens (including phenoxy) is 2. The van der Waals surface area contributed by atoms with E-state index in [0.29, 0.717) is 36.6 Å². The van der Waals surface area contributed by atoms with Gasteiger partial charge in [0.25, 0.3) is 5.91 Å². The number of hydrogen-bond acceptors (Lipinski definition) is 4. The second-order valence-corrected chi connectivity index (χ2v) is 7.39. The number of piperidine rings is 1. The van der Waals surface area contributed by atoms with Crippen molar-refractivity contribution in [2.75, 3.05) is 27.3 Å². The van der Waals surface area contributed by atoms with Crippen molar-refractivity contribution in [3.8, 4) is 11.5 Å². The molecule has 1 aliphatic carbocycles. The van der Waals surface area contributed by atoms with Gasteiger partial charge < -0.3 is 19.5 Å². The molecular formula is C22H25NO4. The summed E-state index contributed by atoms with van der Waals surface area (Å²) in [5.74, 6) is 1.14. The van der Waals surface area contributed by atoms with E-state index in [9.17, 15) is 9.90 Å². The largest absolute Gasteiger partial charge is 0.497 e. The number of amides is 1. The van der Waals surface area contributed by atoms with Crippen LogP contribution in [0.15, 0.2) is 42.5 Å². The maximum Gasteiger partial charge on any atom is 0.257 e. The van der Waals surface area contributed by atoms with Crippen LogP contribution < -0.4 is 9.47 Å². The van der Waals surface area contributed by atoms with Crippen LogP contribution in [0, 0.1) is 0 Å². The number of rotatable bonds is 3. The van der Waals surface area contributed by atoms with Crippen molar-refractivity contribution >= 4 is 5.91 Å². The molecule has 0 unspecified atom stereocenters. The number of aliphatic hydroxyl groups excluding tert-OH is 1. The topological polar surface area (TPSA) is 59.0 Å². The minimum Gasteiger partial charge on any atom is -0.497 e. The Morgan fingerprint density at radius 2 is 1.85 bits per heavy atom. The standard InChI is InChI=1S/C22H25NO4/c1-26-16-7-8-17(19(14-16)27-2)21(25)23-11-9-22(10-12-23)18-6-4-3-5-15(18)13-20(22)24/h3-8,14,20,24H,9-13H2,1-2H3/t20-/m0/s1. The van der Waals surface area contributed by atoms with Crippen LogP contribution in [-0.4, -0.2) is 49.3 Å². The number of nitrogens with zero attached hydrogens (tertiary/aromatic N) is 1. The zero-order valence-electron chi connectivity index (χ0n) is 15.8. The Morgan fingerprint density at radius 1 is 1.11 bits per heavy atom. The summed E-state index contributed by atoms with van der Waals surface area (Å²) in [7, 11) is 3.15. The normalized spacial score (nSPS) is 20.4. The van der Waals surface area contributed by atoms with E-state index in [-0.39, 0.29) is 17.4 Å². The monoisotopic (exact) mass is 367 g/mol. The van der Waals surface area contributed by atoms with Crippen molar-refractivity contribution in [3.63, 3.8) is 0 Å². The lowest BCUT2D eigenvalue weighted by Gasteiger charge is -2.42. The van der Waals surface area contributed by atoms with Gasteiger partial charge in [-0.05, 0) is 42.5 Å². The Kier molecular flexibility index (Phi) is 4.56. The molecule has 0 bridgehead atoms.